The minimum atomic E-state index is -0.687. The van der Waals surface area contributed by atoms with E-state index >= 15 is 0 Å². The van der Waals surface area contributed by atoms with Crippen molar-refractivity contribution in [1.29, 1.82) is 0 Å². The Bertz CT molecular complexity index is 448. The van der Waals surface area contributed by atoms with Crippen LogP contribution in [0, 0.1) is 0 Å². The fourth-order valence-electron chi connectivity index (χ4n) is 1.88. The number of carbonyl (C=O) groups is 1. The van der Waals surface area contributed by atoms with E-state index in [1.807, 2.05) is 24.3 Å². The first-order valence-corrected chi connectivity index (χ1v) is 7.07. The van der Waals surface area contributed by atoms with E-state index in [0.29, 0.717) is 11.7 Å². The van der Waals surface area contributed by atoms with E-state index in [4.69, 9.17) is 9.47 Å². The zero-order valence-corrected chi connectivity index (χ0v) is 13.2. The van der Waals surface area contributed by atoms with Crippen molar-refractivity contribution < 1.29 is 19.4 Å². The molecule has 0 saturated heterocycles. The van der Waals surface area contributed by atoms with Gasteiger partial charge in [-0.05, 0) is 23.6 Å². The van der Waals surface area contributed by atoms with Crippen molar-refractivity contribution in [1.82, 2.24) is 4.90 Å². The lowest BCUT2D eigenvalue weighted by molar-refractivity contribution is -0.133. The molecule has 1 aromatic carbocycles. The van der Waals surface area contributed by atoms with Crippen LogP contribution < -0.4 is 4.74 Å². The van der Waals surface area contributed by atoms with E-state index < -0.39 is 6.10 Å². The molecule has 1 amide bonds. The molecule has 0 saturated carbocycles. The molecule has 118 valence electrons. The SMILES string of the molecule is COCC(O)CN(C)C(=O)COc1cccc(C(C)C)c1. The Kier molecular flexibility index (Phi) is 7.19. The van der Waals surface area contributed by atoms with Gasteiger partial charge in [0.15, 0.2) is 6.61 Å². The van der Waals surface area contributed by atoms with Crippen LogP contribution in [-0.4, -0.2) is 55.9 Å². The van der Waals surface area contributed by atoms with Crippen LogP contribution >= 0.6 is 0 Å². The monoisotopic (exact) mass is 295 g/mol. The minimum Gasteiger partial charge on any atom is -0.484 e. The molecule has 0 bridgehead atoms. The summed E-state index contributed by atoms with van der Waals surface area (Å²) in [6, 6.07) is 7.73. The maximum atomic E-state index is 11.9. The summed E-state index contributed by atoms with van der Waals surface area (Å²) in [6.45, 7) is 4.60. The van der Waals surface area contributed by atoms with Gasteiger partial charge in [0.05, 0.1) is 12.7 Å². The molecule has 0 aliphatic heterocycles. The number of aliphatic hydroxyl groups is 1. The van der Waals surface area contributed by atoms with Gasteiger partial charge in [0, 0.05) is 20.7 Å². The molecule has 1 N–H and O–H groups in total. The summed E-state index contributed by atoms with van der Waals surface area (Å²) in [5.41, 5.74) is 1.17. The number of rotatable bonds is 8. The van der Waals surface area contributed by atoms with Gasteiger partial charge in [-0.25, -0.2) is 0 Å². The smallest absolute Gasteiger partial charge is 0.260 e. The standard InChI is InChI=1S/C16H25NO4/c1-12(2)13-6-5-7-15(8-13)21-11-16(19)17(3)9-14(18)10-20-4/h5-8,12,14,18H,9-11H2,1-4H3. The number of aliphatic hydroxyl groups excluding tert-OH is 1. The molecule has 1 rings (SSSR count). The van der Waals surface area contributed by atoms with Crippen LogP contribution in [0.3, 0.4) is 0 Å². The van der Waals surface area contributed by atoms with E-state index in [0.717, 1.165) is 0 Å². The quantitative estimate of drug-likeness (QED) is 0.792. The zero-order chi connectivity index (χ0) is 15.8. The molecule has 0 aliphatic rings. The van der Waals surface area contributed by atoms with Gasteiger partial charge < -0.3 is 19.5 Å². The number of benzene rings is 1. The average molecular weight is 295 g/mol. The summed E-state index contributed by atoms with van der Waals surface area (Å²) in [7, 11) is 3.14. The van der Waals surface area contributed by atoms with E-state index in [1.165, 1.54) is 17.6 Å². The summed E-state index contributed by atoms with van der Waals surface area (Å²) in [5, 5.41) is 9.59. The Hall–Kier alpha value is -1.59. The number of carbonyl (C=O) groups excluding carboxylic acids is 1. The third-order valence-corrected chi connectivity index (χ3v) is 3.16. The van der Waals surface area contributed by atoms with Gasteiger partial charge in [-0.2, -0.15) is 0 Å². The largest absolute Gasteiger partial charge is 0.484 e. The second-order valence-corrected chi connectivity index (χ2v) is 5.40. The van der Waals surface area contributed by atoms with Crippen molar-refractivity contribution >= 4 is 5.91 Å². The summed E-state index contributed by atoms with van der Waals surface area (Å²) in [6.07, 6.45) is -0.687. The van der Waals surface area contributed by atoms with Crippen molar-refractivity contribution in [2.45, 2.75) is 25.9 Å². The lowest BCUT2D eigenvalue weighted by Gasteiger charge is -2.20. The van der Waals surface area contributed by atoms with Gasteiger partial charge in [0.1, 0.15) is 5.75 Å². The predicted octanol–water partition coefficient (Wildman–Crippen LogP) is 1.65. The first kappa shape index (κ1) is 17.5. The van der Waals surface area contributed by atoms with Crippen LogP contribution in [0.25, 0.3) is 0 Å². The van der Waals surface area contributed by atoms with Crippen molar-refractivity contribution in [3.05, 3.63) is 29.8 Å². The van der Waals surface area contributed by atoms with Crippen LogP contribution in [0.15, 0.2) is 24.3 Å². The van der Waals surface area contributed by atoms with Gasteiger partial charge in [-0.15, -0.1) is 0 Å². The van der Waals surface area contributed by atoms with E-state index in [-0.39, 0.29) is 25.7 Å². The van der Waals surface area contributed by atoms with E-state index in [2.05, 4.69) is 13.8 Å². The highest BCUT2D eigenvalue weighted by molar-refractivity contribution is 5.77. The van der Waals surface area contributed by atoms with Crippen molar-refractivity contribution in [2.75, 3.05) is 33.9 Å². The van der Waals surface area contributed by atoms with Crippen molar-refractivity contribution in [3.63, 3.8) is 0 Å². The number of hydrogen-bond donors (Lipinski definition) is 1. The highest BCUT2D eigenvalue weighted by Gasteiger charge is 2.14. The minimum absolute atomic E-state index is 0.0439. The molecule has 1 aromatic rings. The molecule has 0 aromatic heterocycles. The lowest BCUT2D eigenvalue weighted by Crippen LogP contribution is -2.38. The molecule has 1 atom stereocenters. The molecule has 5 heteroatoms. The number of amides is 1. The summed E-state index contributed by atoms with van der Waals surface area (Å²) >= 11 is 0. The molecule has 1 unspecified atom stereocenters. The second kappa shape index (κ2) is 8.64. The van der Waals surface area contributed by atoms with Crippen LogP contribution in [0.5, 0.6) is 5.75 Å². The Balaban J connectivity index is 2.47. The fourth-order valence-corrected chi connectivity index (χ4v) is 1.88. The van der Waals surface area contributed by atoms with E-state index in [9.17, 15) is 9.90 Å². The molecule has 0 fully saturated rings. The lowest BCUT2D eigenvalue weighted by atomic mass is 10.0. The van der Waals surface area contributed by atoms with Gasteiger partial charge in [-0.1, -0.05) is 26.0 Å². The van der Waals surface area contributed by atoms with E-state index in [1.54, 1.807) is 7.05 Å². The maximum Gasteiger partial charge on any atom is 0.260 e. The number of ether oxygens (including phenoxy) is 2. The van der Waals surface area contributed by atoms with Gasteiger partial charge in [-0.3, -0.25) is 4.79 Å². The summed E-state index contributed by atoms with van der Waals surface area (Å²) in [4.78, 5) is 13.4. The molecular formula is C16H25NO4. The van der Waals surface area contributed by atoms with Crippen molar-refractivity contribution in [2.24, 2.45) is 0 Å². The van der Waals surface area contributed by atoms with Crippen molar-refractivity contribution in [3.8, 4) is 5.75 Å². The molecule has 21 heavy (non-hydrogen) atoms. The van der Waals surface area contributed by atoms with Gasteiger partial charge >= 0.3 is 0 Å². The predicted molar refractivity (Wildman–Crippen MR) is 81.5 cm³/mol. The summed E-state index contributed by atoms with van der Waals surface area (Å²) < 4.78 is 10.3. The molecule has 0 aliphatic carbocycles. The average Bonchev–Trinajstić information content (AvgIpc) is 2.45. The van der Waals surface area contributed by atoms with Crippen LogP contribution in [-0.2, 0) is 9.53 Å². The third kappa shape index (κ3) is 6.14. The summed E-state index contributed by atoms with van der Waals surface area (Å²) in [5.74, 6) is 0.914. The fraction of sp³-hybridized carbons (Fsp3) is 0.562. The number of likely N-dealkylation sites (N-methyl/N-ethyl adjacent to an activating group) is 1. The Morgan fingerprint density at radius 1 is 1.38 bits per heavy atom. The Labute approximate surface area is 126 Å². The Morgan fingerprint density at radius 2 is 2.10 bits per heavy atom. The molecule has 0 spiro atoms. The molecular weight excluding hydrogens is 270 g/mol. The van der Waals surface area contributed by atoms with Crippen LogP contribution in [0.1, 0.15) is 25.3 Å². The van der Waals surface area contributed by atoms with Gasteiger partial charge in [0.25, 0.3) is 5.91 Å². The highest BCUT2D eigenvalue weighted by Crippen LogP contribution is 2.20. The third-order valence-electron chi connectivity index (χ3n) is 3.16. The molecule has 0 heterocycles. The van der Waals surface area contributed by atoms with Crippen LogP contribution in [0.2, 0.25) is 0 Å². The highest BCUT2D eigenvalue weighted by atomic mass is 16.5. The Morgan fingerprint density at radius 3 is 2.71 bits per heavy atom. The topological polar surface area (TPSA) is 59.0 Å². The molecule has 5 nitrogen and oxygen atoms in total. The first-order chi connectivity index (χ1) is 9.93. The maximum absolute atomic E-state index is 11.9. The zero-order valence-electron chi connectivity index (χ0n) is 13.2. The number of methoxy groups -OCH3 is 1. The molecule has 0 radical (unpaired) electrons. The van der Waals surface area contributed by atoms with Crippen LogP contribution in [0.4, 0.5) is 0 Å². The number of nitrogens with zero attached hydrogens (tertiary/aromatic N) is 1. The first-order valence-electron chi connectivity index (χ1n) is 7.07. The van der Waals surface area contributed by atoms with Gasteiger partial charge in [0.2, 0.25) is 0 Å². The normalized spacial score (nSPS) is 12.3. The second-order valence-electron chi connectivity index (χ2n) is 5.40. The number of hydrogen-bond acceptors (Lipinski definition) is 4.